The summed E-state index contributed by atoms with van der Waals surface area (Å²) < 4.78 is 28.7. The number of halogens is 2. The predicted octanol–water partition coefficient (Wildman–Crippen LogP) is 2.72. The van der Waals surface area contributed by atoms with Crippen LogP contribution in [0.4, 0.5) is 8.78 Å². The summed E-state index contributed by atoms with van der Waals surface area (Å²) in [5, 5.41) is 1.65. The highest BCUT2D eigenvalue weighted by Gasteiger charge is 2.39. The summed E-state index contributed by atoms with van der Waals surface area (Å²) in [5.74, 6) is -3.12. The Morgan fingerprint density at radius 2 is 1.70 bits per heavy atom. The van der Waals surface area contributed by atoms with E-state index in [1.807, 2.05) is 0 Å². The minimum atomic E-state index is -3.12. The van der Waals surface area contributed by atoms with Crippen LogP contribution >= 0.6 is 11.3 Å². The van der Waals surface area contributed by atoms with E-state index in [1.165, 1.54) is 17.5 Å². The van der Waals surface area contributed by atoms with E-state index in [9.17, 15) is 23.2 Å². The second kappa shape index (κ2) is 5.76. The SMILES string of the molecule is O=C(ON1C(=O)c2ccccc2C1=O)c1sccc1OC(F)F. The molecule has 23 heavy (non-hydrogen) atoms. The van der Waals surface area contributed by atoms with Crippen LogP contribution in [-0.4, -0.2) is 29.5 Å². The van der Waals surface area contributed by atoms with Crippen molar-refractivity contribution in [1.29, 1.82) is 0 Å². The maximum absolute atomic E-state index is 12.3. The summed E-state index contributed by atoms with van der Waals surface area (Å²) in [5.41, 5.74) is 0.195. The molecule has 0 spiro atoms. The Morgan fingerprint density at radius 3 is 2.26 bits per heavy atom. The number of alkyl halides is 2. The molecule has 0 saturated carbocycles. The van der Waals surface area contributed by atoms with E-state index in [2.05, 4.69) is 4.74 Å². The van der Waals surface area contributed by atoms with Gasteiger partial charge < -0.3 is 9.57 Å². The van der Waals surface area contributed by atoms with Crippen molar-refractivity contribution < 1.29 is 32.7 Å². The topological polar surface area (TPSA) is 72.9 Å². The minimum absolute atomic E-state index is 0.0977. The summed E-state index contributed by atoms with van der Waals surface area (Å²) in [6.45, 7) is -3.12. The van der Waals surface area contributed by atoms with E-state index in [-0.39, 0.29) is 21.8 Å². The van der Waals surface area contributed by atoms with Gasteiger partial charge in [0.25, 0.3) is 11.8 Å². The Labute approximate surface area is 131 Å². The Hall–Kier alpha value is -2.81. The van der Waals surface area contributed by atoms with Crippen LogP contribution in [0.25, 0.3) is 0 Å². The van der Waals surface area contributed by atoms with Crippen molar-refractivity contribution in [3.8, 4) is 5.75 Å². The fourth-order valence-electron chi connectivity index (χ4n) is 2.01. The molecular weight excluding hydrogens is 332 g/mol. The molecule has 2 heterocycles. The first-order valence-corrected chi connectivity index (χ1v) is 7.09. The molecule has 3 rings (SSSR count). The number of hydrogen-bond donors (Lipinski definition) is 0. The van der Waals surface area contributed by atoms with Gasteiger partial charge in [0.1, 0.15) is 0 Å². The van der Waals surface area contributed by atoms with Gasteiger partial charge in [-0.05, 0) is 23.6 Å². The zero-order valence-corrected chi connectivity index (χ0v) is 12.0. The van der Waals surface area contributed by atoms with Crippen LogP contribution in [-0.2, 0) is 4.84 Å². The van der Waals surface area contributed by atoms with Crippen molar-refractivity contribution in [2.45, 2.75) is 6.61 Å². The van der Waals surface area contributed by atoms with E-state index in [0.29, 0.717) is 5.06 Å². The first kappa shape index (κ1) is 15.1. The smallest absolute Gasteiger partial charge is 0.387 e. The number of benzene rings is 1. The predicted molar refractivity (Wildman–Crippen MR) is 73.3 cm³/mol. The molecule has 1 aliphatic rings. The van der Waals surface area contributed by atoms with Gasteiger partial charge in [-0.15, -0.1) is 11.3 Å². The molecule has 2 amide bonds. The number of thiophene rings is 1. The summed E-state index contributed by atoms with van der Waals surface area (Å²) in [6.07, 6.45) is 0. The summed E-state index contributed by atoms with van der Waals surface area (Å²) >= 11 is 0.787. The van der Waals surface area contributed by atoms with Crippen LogP contribution in [0.1, 0.15) is 30.4 Å². The van der Waals surface area contributed by atoms with Crippen molar-refractivity contribution in [3.05, 3.63) is 51.7 Å². The lowest BCUT2D eigenvalue weighted by Gasteiger charge is -2.12. The monoisotopic (exact) mass is 339 g/mol. The molecule has 0 unspecified atom stereocenters. The van der Waals surface area contributed by atoms with Crippen molar-refractivity contribution >= 4 is 29.1 Å². The standard InChI is InChI=1S/C14H7F2NO5S/c15-14(16)21-9-5-6-23-10(9)13(20)22-17-11(18)7-3-1-2-4-8(7)12(17)19/h1-6,14H. The number of hydrogen-bond acceptors (Lipinski definition) is 6. The van der Waals surface area contributed by atoms with Gasteiger partial charge in [0.05, 0.1) is 11.1 Å². The van der Waals surface area contributed by atoms with Gasteiger partial charge in [-0.25, -0.2) is 4.79 Å². The summed E-state index contributed by atoms with van der Waals surface area (Å²) in [4.78, 5) is 40.6. The van der Waals surface area contributed by atoms with Gasteiger partial charge in [-0.1, -0.05) is 17.2 Å². The normalized spacial score (nSPS) is 13.4. The van der Waals surface area contributed by atoms with Gasteiger partial charge in [-0.3, -0.25) is 9.59 Å². The van der Waals surface area contributed by atoms with E-state index in [0.717, 1.165) is 17.4 Å². The molecule has 6 nitrogen and oxygen atoms in total. The van der Waals surface area contributed by atoms with Gasteiger partial charge in [0, 0.05) is 0 Å². The van der Waals surface area contributed by atoms with Crippen molar-refractivity contribution in [2.75, 3.05) is 0 Å². The molecule has 0 atom stereocenters. The Balaban J connectivity index is 1.81. The van der Waals surface area contributed by atoms with Crippen molar-refractivity contribution in [1.82, 2.24) is 5.06 Å². The van der Waals surface area contributed by atoms with Gasteiger partial charge in [0.2, 0.25) is 0 Å². The Kier molecular flexibility index (Phi) is 3.78. The quantitative estimate of drug-likeness (QED) is 0.801. The van der Waals surface area contributed by atoms with E-state index in [1.54, 1.807) is 12.1 Å². The minimum Gasteiger partial charge on any atom is -0.433 e. The Morgan fingerprint density at radius 1 is 1.09 bits per heavy atom. The second-order valence-corrected chi connectivity index (χ2v) is 5.24. The van der Waals surface area contributed by atoms with Gasteiger partial charge >= 0.3 is 12.6 Å². The molecule has 2 aromatic rings. The van der Waals surface area contributed by atoms with Crippen molar-refractivity contribution in [3.63, 3.8) is 0 Å². The molecule has 1 aromatic carbocycles. The largest absolute Gasteiger partial charge is 0.433 e. The average molecular weight is 339 g/mol. The molecule has 0 bridgehead atoms. The molecule has 9 heteroatoms. The molecule has 1 aliphatic heterocycles. The zero-order chi connectivity index (χ0) is 16.6. The molecule has 118 valence electrons. The number of hydroxylamine groups is 2. The number of carbonyl (C=O) groups excluding carboxylic acids is 3. The number of rotatable bonds is 4. The molecule has 0 fully saturated rings. The molecule has 0 aliphatic carbocycles. The second-order valence-electron chi connectivity index (χ2n) is 4.32. The number of ether oxygens (including phenoxy) is 1. The third-order valence-electron chi connectivity index (χ3n) is 2.96. The molecule has 1 aromatic heterocycles. The highest BCUT2D eigenvalue weighted by molar-refractivity contribution is 7.12. The number of imide groups is 1. The third-order valence-corrected chi connectivity index (χ3v) is 3.84. The van der Waals surface area contributed by atoms with Crippen LogP contribution in [0.3, 0.4) is 0 Å². The highest BCUT2D eigenvalue weighted by atomic mass is 32.1. The fraction of sp³-hybridized carbons (Fsp3) is 0.0714. The van der Waals surface area contributed by atoms with Crippen LogP contribution in [0.2, 0.25) is 0 Å². The number of carbonyl (C=O) groups is 3. The number of nitrogens with zero attached hydrogens (tertiary/aromatic N) is 1. The maximum Gasteiger partial charge on any atom is 0.387 e. The maximum atomic E-state index is 12.3. The van der Waals surface area contributed by atoms with E-state index in [4.69, 9.17) is 4.84 Å². The molecule has 0 radical (unpaired) electrons. The first-order chi connectivity index (χ1) is 11.0. The van der Waals surface area contributed by atoms with Crippen LogP contribution in [0.5, 0.6) is 5.75 Å². The first-order valence-electron chi connectivity index (χ1n) is 6.21. The molecule has 0 N–H and O–H groups in total. The van der Waals surface area contributed by atoms with Crippen LogP contribution < -0.4 is 4.74 Å². The lowest BCUT2D eigenvalue weighted by Crippen LogP contribution is -2.32. The summed E-state index contributed by atoms with van der Waals surface area (Å²) in [7, 11) is 0. The van der Waals surface area contributed by atoms with Gasteiger partial charge in [0.15, 0.2) is 10.6 Å². The van der Waals surface area contributed by atoms with E-state index < -0.39 is 24.4 Å². The lowest BCUT2D eigenvalue weighted by atomic mass is 10.1. The fourth-order valence-corrected chi connectivity index (χ4v) is 2.70. The highest BCUT2D eigenvalue weighted by Crippen LogP contribution is 2.29. The van der Waals surface area contributed by atoms with Crippen molar-refractivity contribution in [2.24, 2.45) is 0 Å². The summed E-state index contributed by atoms with van der Waals surface area (Å²) in [6, 6.07) is 7.11. The lowest BCUT2D eigenvalue weighted by molar-refractivity contribution is -0.0616. The van der Waals surface area contributed by atoms with Gasteiger partial charge in [-0.2, -0.15) is 8.78 Å². The van der Waals surface area contributed by atoms with Crippen LogP contribution in [0, 0.1) is 0 Å². The average Bonchev–Trinajstić information content (AvgIpc) is 3.06. The molecular formula is C14H7F2NO5S. The zero-order valence-electron chi connectivity index (χ0n) is 11.2. The number of fused-ring (bicyclic) bond motifs is 1. The van der Waals surface area contributed by atoms with E-state index >= 15 is 0 Å². The molecule has 0 saturated heterocycles. The third kappa shape index (κ3) is 2.66. The van der Waals surface area contributed by atoms with Crippen LogP contribution in [0.15, 0.2) is 35.7 Å². The Bertz CT molecular complexity index is 769. The number of amides is 2.